The van der Waals surface area contributed by atoms with Gasteiger partial charge in [-0.05, 0) is 19.4 Å². The molecule has 0 aromatic carbocycles. The van der Waals surface area contributed by atoms with Gasteiger partial charge in [-0.2, -0.15) is 4.98 Å². The van der Waals surface area contributed by atoms with Crippen molar-refractivity contribution < 1.29 is 17.3 Å². The highest BCUT2D eigenvalue weighted by Crippen LogP contribution is 2.43. The monoisotopic (exact) mass is 437 g/mol. The first-order valence-corrected chi connectivity index (χ1v) is 11.3. The molecule has 0 amide bonds. The largest absolute Gasteiger partial charge is 0.369 e. The molecule has 0 fully saturated rings. The van der Waals surface area contributed by atoms with Gasteiger partial charge in [0.1, 0.15) is 11.4 Å². The lowest BCUT2D eigenvalue weighted by atomic mass is 9.92. The second kappa shape index (κ2) is 6.77. The van der Waals surface area contributed by atoms with Crippen LogP contribution in [-0.4, -0.2) is 41.6 Å². The molecule has 2 aromatic heterocycles. The lowest BCUT2D eigenvalue weighted by molar-refractivity contribution is 0.391. The Kier molecular flexibility index (Phi) is 4.61. The zero-order chi connectivity index (χ0) is 21.0. The Morgan fingerprint density at radius 1 is 1.45 bits per heavy atom. The number of guanidine groups is 1. The fourth-order valence-electron chi connectivity index (χ4n) is 3.47. The van der Waals surface area contributed by atoms with Crippen LogP contribution in [-0.2, 0) is 15.6 Å². The molecule has 0 saturated carbocycles. The molecule has 8 nitrogen and oxygen atoms in total. The molecule has 11 heteroatoms. The predicted molar refractivity (Wildman–Crippen MR) is 108 cm³/mol. The number of nitrogens with zero attached hydrogens (tertiary/aromatic N) is 4. The summed E-state index contributed by atoms with van der Waals surface area (Å²) < 4.78 is 45.7. The number of aliphatic imine (C=N–C) groups is 1. The number of sulfonamides is 1. The molecule has 1 aliphatic carbocycles. The van der Waals surface area contributed by atoms with E-state index in [0.717, 1.165) is 14.8 Å². The van der Waals surface area contributed by atoms with Crippen LogP contribution in [0.15, 0.2) is 33.8 Å². The first-order chi connectivity index (χ1) is 13.6. The highest BCUT2D eigenvalue weighted by atomic mass is 32.2. The van der Waals surface area contributed by atoms with Crippen molar-refractivity contribution in [2.45, 2.75) is 31.7 Å². The van der Waals surface area contributed by atoms with E-state index in [4.69, 9.17) is 10.3 Å². The molecular weight excluding hydrogens is 417 g/mol. The summed E-state index contributed by atoms with van der Waals surface area (Å²) in [4.78, 5) is 9.57. The molecule has 3 heterocycles. The Morgan fingerprint density at radius 3 is 2.86 bits per heavy atom. The highest BCUT2D eigenvalue weighted by molar-refractivity contribution is 7.89. The summed E-state index contributed by atoms with van der Waals surface area (Å²) in [5, 5.41) is 3.94. The van der Waals surface area contributed by atoms with E-state index < -0.39 is 21.4 Å². The van der Waals surface area contributed by atoms with Crippen molar-refractivity contribution in [1.82, 2.24) is 14.4 Å². The number of nitrogens with two attached hydrogens (primary N) is 1. The molecule has 0 saturated heterocycles. The Labute approximate surface area is 171 Å². The maximum Gasteiger partial charge on any atom is 0.239 e. The van der Waals surface area contributed by atoms with E-state index >= 15 is 0 Å². The van der Waals surface area contributed by atoms with Crippen LogP contribution in [0.3, 0.4) is 0 Å². The third kappa shape index (κ3) is 3.48. The van der Waals surface area contributed by atoms with E-state index in [1.54, 1.807) is 13.8 Å². The quantitative estimate of drug-likeness (QED) is 0.789. The van der Waals surface area contributed by atoms with E-state index in [1.807, 2.05) is 18.2 Å². The summed E-state index contributed by atoms with van der Waals surface area (Å²) in [5.41, 5.74) is 5.40. The van der Waals surface area contributed by atoms with Crippen LogP contribution in [0.25, 0.3) is 5.57 Å². The van der Waals surface area contributed by atoms with Gasteiger partial charge in [0.05, 0.1) is 10.6 Å². The number of rotatable bonds is 3. The van der Waals surface area contributed by atoms with Gasteiger partial charge in [-0.15, -0.1) is 11.3 Å². The van der Waals surface area contributed by atoms with E-state index in [0.29, 0.717) is 18.1 Å². The number of aromatic nitrogens is 2. The first kappa shape index (κ1) is 19.8. The van der Waals surface area contributed by atoms with Crippen LogP contribution < -0.4 is 5.73 Å². The summed E-state index contributed by atoms with van der Waals surface area (Å²) >= 11 is 1.21. The molecule has 0 bridgehead atoms. The van der Waals surface area contributed by atoms with Crippen molar-refractivity contribution in [1.29, 1.82) is 0 Å². The van der Waals surface area contributed by atoms with E-state index in [-0.39, 0.29) is 22.5 Å². The molecule has 0 spiro atoms. The average molecular weight is 438 g/mol. The number of aryl methyl sites for hydroxylation is 1. The molecule has 1 aliphatic heterocycles. The van der Waals surface area contributed by atoms with Crippen molar-refractivity contribution >= 4 is 32.9 Å². The third-order valence-electron chi connectivity index (χ3n) is 5.02. The second-order valence-electron chi connectivity index (χ2n) is 7.32. The van der Waals surface area contributed by atoms with Gasteiger partial charge in [0, 0.05) is 30.3 Å². The number of hydrogen-bond donors (Lipinski definition) is 1. The molecule has 2 aliphatic rings. The van der Waals surface area contributed by atoms with E-state index in [1.165, 1.54) is 24.5 Å². The first-order valence-electron chi connectivity index (χ1n) is 8.89. The fourth-order valence-corrected chi connectivity index (χ4v) is 6.21. The summed E-state index contributed by atoms with van der Waals surface area (Å²) in [6, 6.07) is 1.45. The topological polar surface area (TPSA) is 115 Å². The Bertz CT molecular complexity index is 1160. The van der Waals surface area contributed by atoms with Crippen LogP contribution in [0.5, 0.6) is 0 Å². The van der Waals surface area contributed by atoms with Crippen molar-refractivity contribution in [2.75, 3.05) is 12.8 Å². The molecule has 2 atom stereocenters. The van der Waals surface area contributed by atoms with Crippen molar-refractivity contribution in [3.05, 3.63) is 51.6 Å². The molecule has 2 aromatic rings. The van der Waals surface area contributed by atoms with Gasteiger partial charge < -0.3 is 10.3 Å². The smallest absolute Gasteiger partial charge is 0.239 e. The Hall–Kier alpha value is -2.53. The van der Waals surface area contributed by atoms with Crippen molar-refractivity contribution in [2.24, 2.45) is 10.7 Å². The molecule has 0 radical (unpaired) electrons. The molecular formula is C18H20FN5O3S2. The van der Waals surface area contributed by atoms with Gasteiger partial charge in [-0.3, -0.25) is 0 Å². The van der Waals surface area contributed by atoms with Crippen LogP contribution in [0, 0.1) is 12.7 Å². The molecule has 154 valence electrons. The number of allylic oxidation sites excluding steroid dienone is 4. The van der Waals surface area contributed by atoms with Gasteiger partial charge in [0.2, 0.25) is 21.9 Å². The van der Waals surface area contributed by atoms with Crippen LogP contribution in [0.1, 0.15) is 40.7 Å². The normalized spacial score (nSPS) is 26.3. The minimum absolute atomic E-state index is 0.0881. The molecule has 2 N–H and O–H groups in total. The average Bonchev–Trinajstić information content (AvgIpc) is 3.26. The van der Waals surface area contributed by atoms with Gasteiger partial charge in [-0.25, -0.2) is 22.1 Å². The lowest BCUT2D eigenvalue weighted by Gasteiger charge is -2.33. The van der Waals surface area contributed by atoms with Gasteiger partial charge in [-0.1, -0.05) is 23.4 Å². The van der Waals surface area contributed by atoms with Crippen LogP contribution in [0.2, 0.25) is 0 Å². The Balaban J connectivity index is 1.66. The fraction of sp³-hybridized carbons (Fsp3) is 0.389. The van der Waals surface area contributed by atoms with Crippen LogP contribution >= 0.6 is 11.3 Å². The maximum atomic E-state index is 14.9. The minimum Gasteiger partial charge on any atom is -0.369 e. The van der Waals surface area contributed by atoms with Crippen molar-refractivity contribution in [3.63, 3.8) is 0 Å². The highest BCUT2D eigenvalue weighted by Gasteiger charge is 2.43. The van der Waals surface area contributed by atoms with E-state index in [2.05, 4.69) is 15.1 Å². The third-order valence-corrected chi connectivity index (χ3v) is 8.46. The van der Waals surface area contributed by atoms with Gasteiger partial charge in [0.25, 0.3) is 0 Å². The Morgan fingerprint density at radius 2 is 2.21 bits per heavy atom. The minimum atomic E-state index is -3.67. The zero-order valence-electron chi connectivity index (χ0n) is 16.1. The number of thiophene rings is 1. The molecule has 4 rings (SSSR count). The summed E-state index contributed by atoms with van der Waals surface area (Å²) in [6.45, 7) is 3.31. The van der Waals surface area contributed by atoms with Gasteiger partial charge in [0.15, 0.2) is 5.82 Å². The molecule has 29 heavy (non-hydrogen) atoms. The second-order valence-corrected chi connectivity index (χ2v) is 10.4. The van der Waals surface area contributed by atoms with E-state index in [9.17, 15) is 12.8 Å². The SMILES string of the molecule is Cc1nc(C2=CC=CC(c3cc(F)c([C@]4(C)CS(=O)(=O)N(C)C(N)=N4)s3)C2)no1. The zero-order valence-corrected chi connectivity index (χ0v) is 17.7. The standard InChI is InChI=1S/C18H20FN5O3S2/c1-10-21-16(23-27-10)12-6-4-5-11(7-12)14-8-13(19)15(28-14)18(2)9-29(25,26)24(3)17(20)22-18/h4-6,8,11H,7,9H2,1-3H3,(H2,20,22)/t11?,18-/m0/s1. The predicted octanol–water partition coefficient (Wildman–Crippen LogP) is 2.51. The molecule has 1 unspecified atom stereocenters. The maximum absolute atomic E-state index is 14.9. The number of halogens is 1. The summed E-state index contributed by atoms with van der Waals surface area (Å²) in [7, 11) is -2.34. The van der Waals surface area contributed by atoms with Gasteiger partial charge >= 0.3 is 0 Å². The van der Waals surface area contributed by atoms with Crippen LogP contribution in [0.4, 0.5) is 4.39 Å². The lowest BCUT2D eigenvalue weighted by Crippen LogP contribution is -2.50. The summed E-state index contributed by atoms with van der Waals surface area (Å²) in [5.74, 6) is -0.0768. The summed E-state index contributed by atoms with van der Waals surface area (Å²) in [6.07, 6.45) is 6.33. The van der Waals surface area contributed by atoms with Crippen molar-refractivity contribution in [3.8, 4) is 0 Å². The number of hydrogen-bond acceptors (Lipinski definition) is 8.